The Morgan fingerprint density at radius 2 is 2.10 bits per heavy atom. The van der Waals surface area contributed by atoms with Gasteiger partial charge in [-0.1, -0.05) is 17.7 Å². The van der Waals surface area contributed by atoms with Crippen LogP contribution >= 0.6 is 27.5 Å². The summed E-state index contributed by atoms with van der Waals surface area (Å²) in [6.07, 6.45) is 2.31. The van der Waals surface area contributed by atoms with E-state index < -0.39 is 11.8 Å². The van der Waals surface area contributed by atoms with E-state index in [9.17, 15) is 9.18 Å². The Morgan fingerprint density at radius 1 is 1.33 bits per heavy atom. The lowest BCUT2D eigenvalue weighted by Crippen LogP contribution is -1.91. The van der Waals surface area contributed by atoms with E-state index in [-0.39, 0.29) is 4.47 Å². The maximum absolute atomic E-state index is 13.2. The predicted molar refractivity (Wildman–Crippen MR) is 82.3 cm³/mol. The molecule has 6 heteroatoms. The second-order valence-electron chi connectivity index (χ2n) is 4.00. The van der Waals surface area contributed by atoms with Crippen LogP contribution in [0.15, 0.2) is 46.9 Å². The minimum absolute atomic E-state index is 0.268. The molecule has 0 radical (unpaired) electrons. The topological polar surface area (TPSA) is 46.5 Å². The van der Waals surface area contributed by atoms with Crippen molar-refractivity contribution in [3.63, 3.8) is 0 Å². The quantitative estimate of drug-likeness (QED) is 0.758. The third-order valence-electron chi connectivity index (χ3n) is 2.52. The minimum atomic E-state index is -1.09. The Kier molecular flexibility index (Phi) is 4.98. The highest BCUT2D eigenvalue weighted by molar-refractivity contribution is 9.10. The summed E-state index contributed by atoms with van der Waals surface area (Å²) < 4.78 is 19.1. The van der Waals surface area contributed by atoms with E-state index in [1.165, 1.54) is 24.3 Å². The van der Waals surface area contributed by atoms with Crippen LogP contribution in [0.25, 0.3) is 6.08 Å². The van der Waals surface area contributed by atoms with Gasteiger partial charge in [-0.25, -0.2) is 9.18 Å². The molecule has 3 nitrogen and oxygen atoms in total. The van der Waals surface area contributed by atoms with Gasteiger partial charge in [-0.3, -0.25) is 0 Å². The Morgan fingerprint density at radius 3 is 2.76 bits per heavy atom. The number of halogens is 3. The second-order valence-corrected chi connectivity index (χ2v) is 5.26. The van der Waals surface area contributed by atoms with Crippen LogP contribution < -0.4 is 4.74 Å². The third kappa shape index (κ3) is 4.06. The molecule has 0 heterocycles. The zero-order valence-electron chi connectivity index (χ0n) is 10.5. The monoisotopic (exact) mass is 370 g/mol. The van der Waals surface area contributed by atoms with E-state index in [4.69, 9.17) is 21.4 Å². The smallest absolute Gasteiger partial charge is 0.328 e. The SMILES string of the molecule is O=C(O)/C=C/c1c(Cl)cccc1Oc1ccc(F)c(Br)c1. The van der Waals surface area contributed by atoms with Gasteiger partial charge in [0.2, 0.25) is 0 Å². The maximum Gasteiger partial charge on any atom is 0.328 e. The highest BCUT2D eigenvalue weighted by Gasteiger charge is 2.08. The van der Waals surface area contributed by atoms with Gasteiger partial charge in [-0.15, -0.1) is 0 Å². The zero-order chi connectivity index (χ0) is 15.4. The van der Waals surface area contributed by atoms with Gasteiger partial charge in [0.15, 0.2) is 0 Å². The van der Waals surface area contributed by atoms with Gasteiger partial charge in [-0.2, -0.15) is 0 Å². The molecule has 1 N–H and O–H groups in total. The zero-order valence-corrected chi connectivity index (χ0v) is 12.9. The number of ether oxygens (including phenoxy) is 1. The van der Waals surface area contributed by atoms with Crippen LogP contribution in [0, 0.1) is 5.82 Å². The Bertz CT molecular complexity index is 716. The Hall–Kier alpha value is -1.85. The molecular formula is C15H9BrClFO3. The van der Waals surface area contributed by atoms with Crippen molar-refractivity contribution in [3.8, 4) is 11.5 Å². The van der Waals surface area contributed by atoms with Crippen LogP contribution in [-0.4, -0.2) is 11.1 Å². The first-order valence-electron chi connectivity index (χ1n) is 5.80. The molecule has 0 aliphatic carbocycles. The van der Waals surface area contributed by atoms with Crippen molar-refractivity contribution in [2.45, 2.75) is 0 Å². The molecule has 2 rings (SSSR count). The van der Waals surface area contributed by atoms with Crippen LogP contribution in [0.5, 0.6) is 11.5 Å². The average Bonchev–Trinajstić information content (AvgIpc) is 2.42. The van der Waals surface area contributed by atoms with Gasteiger partial charge in [0.05, 0.1) is 9.50 Å². The van der Waals surface area contributed by atoms with E-state index >= 15 is 0 Å². The number of carboxylic acids is 1. The first-order valence-corrected chi connectivity index (χ1v) is 6.97. The van der Waals surface area contributed by atoms with Crippen LogP contribution in [0.4, 0.5) is 4.39 Å². The number of rotatable bonds is 4. The molecule has 108 valence electrons. The van der Waals surface area contributed by atoms with Gasteiger partial charge < -0.3 is 9.84 Å². The fourth-order valence-electron chi connectivity index (χ4n) is 1.59. The van der Waals surface area contributed by atoms with Crippen LogP contribution in [-0.2, 0) is 4.79 Å². The van der Waals surface area contributed by atoms with Crippen molar-refractivity contribution in [1.82, 2.24) is 0 Å². The third-order valence-corrected chi connectivity index (χ3v) is 3.46. The highest BCUT2D eigenvalue weighted by atomic mass is 79.9. The molecule has 0 amide bonds. The highest BCUT2D eigenvalue weighted by Crippen LogP contribution is 2.33. The largest absolute Gasteiger partial charge is 0.478 e. The van der Waals surface area contributed by atoms with Crippen LogP contribution in [0.2, 0.25) is 5.02 Å². The normalized spacial score (nSPS) is 10.8. The lowest BCUT2D eigenvalue weighted by molar-refractivity contribution is -0.131. The van der Waals surface area contributed by atoms with E-state index in [0.717, 1.165) is 6.08 Å². The molecule has 0 spiro atoms. The number of carboxylic acid groups (broad SMARTS) is 1. The van der Waals surface area contributed by atoms with Crippen LogP contribution in [0.1, 0.15) is 5.56 Å². The molecule has 21 heavy (non-hydrogen) atoms. The summed E-state index contributed by atoms with van der Waals surface area (Å²) in [5.74, 6) is -0.723. The van der Waals surface area contributed by atoms with Crippen molar-refractivity contribution < 1.29 is 19.0 Å². The number of hydrogen-bond donors (Lipinski definition) is 1. The van der Waals surface area contributed by atoms with Crippen molar-refractivity contribution in [3.05, 3.63) is 63.4 Å². The first-order chi connectivity index (χ1) is 9.97. The molecule has 0 aliphatic rings. The van der Waals surface area contributed by atoms with E-state index in [0.29, 0.717) is 22.1 Å². The maximum atomic E-state index is 13.2. The van der Waals surface area contributed by atoms with Crippen LogP contribution in [0.3, 0.4) is 0 Å². The minimum Gasteiger partial charge on any atom is -0.478 e. The van der Waals surface area contributed by atoms with Crippen molar-refractivity contribution >= 4 is 39.6 Å². The molecule has 0 fully saturated rings. The van der Waals surface area contributed by atoms with Gasteiger partial charge in [-0.05, 0) is 52.3 Å². The summed E-state index contributed by atoms with van der Waals surface area (Å²) in [4.78, 5) is 10.6. The first kappa shape index (κ1) is 15.5. The molecule has 0 aromatic heterocycles. The van der Waals surface area contributed by atoms with Crippen molar-refractivity contribution in [2.24, 2.45) is 0 Å². The molecule has 0 saturated heterocycles. The lowest BCUT2D eigenvalue weighted by Gasteiger charge is -2.10. The lowest BCUT2D eigenvalue weighted by atomic mass is 10.2. The number of aliphatic carboxylic acids is 1. The van der Waals surface area contributed by atoms with Gasteiger partial charge in [0.1, 0.15) is 17.3 Å². The van der Waals surface area contributed by atoms with Gasteiger partial charge in [0.25, 0.3) is 0 Å². The second kappa shape index (κ2) is 6.74. The molecule has 2 aromatic rings. The average molecular weight is 372 g/mol. The summed E-state index contributed by atoms with van der Waals surface area (Å²) >= 11 is 9.11. The summed E-state index contributed by atoms with van der Waals surface area (Å²) in [7, 11) is 0. The van der Waals surface area contributed by atoms with E-state index in [2.05, 4.69) is 15.9 Å². The summed E-state index contributed by atoms with van der Waals surface area (Å²) in [6.45, 7) is 0. The molecule has 0 atom stereocenters. The van der Waals surface area contributed by atoms with E-state index in [1.807, 2.05) is 0 Å². The number of carbonyl (C=O) groups is 1. The Balaban J connectivity index is 2.37. The predicted octanol–water partition coefficient (Wildman–Crippen LogP) is 5.13. The summed E-state index contributed by atoms with van der Waals surface area (Å²) in [5, 5.41) is 9.05. The molecule has 2 aromatic carbocycles. The molecule has 0 unspecified atom stereocenters. The number of hydrogen-bond acceptors (Lipinski definition) is 2. The molecule has 0 saturated carbocycles. The molecule has 0 bridgehead atoms. The van der Waals surface area contributed by atoms with Crippen molar-refractivity contribution in [1.29, 1.82) is 0 Å². The molecular weight excluding hydrogens is 363 g/mol. The fraction of sp³-hybridized carbons (Fsp3) is 0. The van der Waals surface area contributed by atoms with E-state index in [1.54, 1.807) is 18.2 Å². The molecule has 0 aliphatic heterocycles. The van der Waals surface area contributed by atoms with Crippen molar-refractivity contribution in [2.75, 3.05) is 0 Å². The van der Waals surface area contributed by atoms with Gasteiger partial charge >= 0.3 is 5.97 Å². The standard InChI is InChI=1S/C15H9BrClFO3/c16-11-8-9(4-6-13(11)18)21-14-3-1-2-12(17)10(14)5-7-15(19)20/h1-8H,(H,19,20)/b7-5+. The summed E-state index contributed by atoms with van der Waals surface area (Å²) in [5.41, 5.74) is 0.432. The fourth-order valence-corrected chi connectivity index (χ4v) is 2.18. The summed E-state index contributed by atoms with van der Waals surface area (Å²) in [6, 6.07) is 9.14. The van der Waals surface area contributed by atoms with Gasteiger partial charge in [0, 0.05) is 11.6 Å². The Labute approximate surface area is 133 Å². The number of benzene rings is 2.